The van der Waals surface area contributed by atoms with Crippen LogP contribution in [0.4, 0.5) is 10.1 Å². The highest BCUT2D eigenvalue weighted by Gasteiger charge is 2.20. The van der Waals surface area contributed by atoms with E-state index in [9.17, 15) is 4.39 Å². The summed E-state index contributed by atoms with van der Waals surface area (Å²) in [5.41, 5.74) is 6.30. The molecule has 0 amide bonds. The lowest BCUT2D eigenvalue weighted by Crippen LogP contribution is -2.15. The van der Waals surface area contributed by atoms with Gasteiger partial charge in [0.15, 0.2) is 0 Å². The zero-order valence-electron chi connectivity index (χ0n) is 10.8. The molecule has 3 rings (SSSR count). The minimum Gasteiger partial charge on any atom is -0.494 e. The Hall–Kier alpha value is -1.88. The summed E-state index contributed by atoms with van der Waals surface area (Å²) >= 11 is 0. The minimum atomic E-state index is -0.349. The van der Waals surface area contributed by atoms with Gasteiger partial charge < -0.3 is 10.2 Å². The minimum absolute atomic E-state index is 0.349. The summed E-state index contributed by atoms with van der Waals surface area (Å²) in [6.07, 6.45) is 4.09. The van der Waals surface area contributed by atoms with Gasteiger partial charge in [0.25, 0.3) is 0 Å². The second kappa shape index (κ2) is 4.66. The number of nitrogens with one attached hydrogen (secondary N) is 1. The number of hydrazine groups is 1. The van der Waals surface area contributed by atoms with Crippen LogP contribution in [0.1, 0.15) is 24.1 Å². The lowest BCUT2D eigenvalue weighted by Gasteiger charge is -2.21. The van der Waals surface area contributed by atoms with Crippen LogP contribution in [-0.4, -0.2) is 12.1 Å². The van der Waals surface area contributed by atoms with Crippen LogP contribution < -0.4 is 16.0 Å². The zero-order valence-corrected chi connectivity index (χ0v) is 10.8. The number of methoxy groups -OCH3 is 1. The van der Waals surface area contributed by atoms with Gasteiger partial charge in [-0.15, -0.1) is 0 Å². The van der Waals surface area contributed by atoms with E-state index >= 15 is 0 Å². The van der Waals surface area contributed by atoms with E-state index in [1.54, 1.807) is 0 Å². The van der Waals surface area contributed by atoms with Gasteiger partial charge in [0, 0.05) is 17.1 Å². The molecule has 1 aliphatic carbocycles. The molecule has 0 bridgehead atoms. The molecule has 1 heterocycles. The summed E-state index contributed by atoms with van der Waals surface area (Å²) in [6, 6.07) is 2.81. The predicted molar refractivity (Wildman–Crippen MR) is 72.7 cm³/mol. The number of aromatic nitrogens is 1. The van der Waals surface area contributed by atoms with Crippen molar-refractivity contribution in [1.29, 1.82) is 0 Å². The number of aryl methyl sites for hydroxylation is 1. The van der Waals surface area contributed by atoms with Crippen molar-refractivity contribution >= 4 is 16.6 Å². The quantitative estimate of drug-likeness (QED) is 0.644. The number of hydrogen-bond donors (Lipinski definition) is 2. The number of halogens is 1. The molecule has 0 atom stereocenters. The van der Waals surface area contributed by atoms with Crippen LogP contribution in [0.15, 0.2) is 12.1 Å². The molecule has 5 heteroatoms. The first-order valence-corrected chi connectivity index (χ1v) is 6.40. The van der Waals surface area contributed by atoms with Crippen LogP contribution in [0, 0.1) is 5.82 Å². The second-order valence-corrected chi connectivity index (χ2v) is 4.77. The first-order chi connectivity index (χ1) is 9.24. The highest BCUT2D eigenvalue weighted by atomic mass is 19.1. The largest absolute Gasteiger partial charge is 0.494 e. The summed E-state index contributed by atoms with van der Waals surface area (Å²) in [5.74, 6) is 5.74. The van der Waals surface area contributed by atoms with Crippen molar-refractivity contribution in [3.05, 3.63) is 29.2 Å². The Labute approximate surface area is 110 Å². The lowest BCUT2D eigenvalue weighted by atomic mass is 9.92. The van der Waals surface area contributed by atoms with Gasteiger partial charge in [0.05, 0.1) is 12.8 Å². The van der Waals surface area contributed by atoms with E-state index in [0.29, 0.717) is 16.7 Å². The van der Waals surface area contributed by atoms with Crippen molar-refractivity contribution in [2.24, 2.45) is 5.84 Å². The Kier molecular flexibility index (Phi) is 2.98. The van der Waals surface area contributed by atoms with Gasteiger partial charge in [-0.05, 0) is 37.3 Å². The molecule has 1 aliphatic rings. The van der Waals surface area contributed by atoms with Crippen LogP contribution in [0.5, 0.6) is 5.75 Å². The monoisotopic (exact) mass is 261 g/mol. The Morgan fingerprint density at radius 2 is 2.11 bits per heavy atom. The van der Waals surface area contributed by atoms with Crippen molar-refractivity contribution in [3.63, 3.8) is 0 Å². The molecule has 0 fully saturated rings. The number of rotatable bonds is 2. The van der Waals surface area contributed by atoms with E-state index in [1.807, 2.05) is 0 Å². The van der Waals surface area contributed by atoms with Crippen molar-refractivity contribution in [2.45, 2.75) is 25.7 Å². The normalized spacial score (nSPS) is 14.3. The predicted octanol–water partition coefficient (Wildman–Crippen LogP) is 2.55. The number of ether oxygens (including phenoxy) is 1. The summed E-state index contributed by atoms with van der Waals surface area (Å²) in [4.78, 5) is 4.65. The molecule has 3 N–H and O–H groups in total. The second-order valence-electron chi connectivity index (χ2n) is 4.77. The molecule has 0 unspecified atom stereocenters. The van der Waals surface area contributed by atoms with Crippen molar-refractivity contribution in [3.8, 4) is 5.75 Å². The van der Waals surface area contributed by atoms with E-state index in [0.717, 1.165) is 42.6 Å². The van der Waals surface area contributed by atoms with Crippen LogP contribution in [0.3, 0.4) is 0 Å². The number of hydrogen-bond acceptors (Lipinski definition) is 4. The van der Waals surface area contributed by atoms with Crippen LogP contribution >= 0.6 is 0 Å². The molecule has 19 heavy (non-hydrogen) atoms. The highest BCUT2D eigenvalue weighted by Crippen LogP contribution is 2.36. The van der Waals surface area contributed by atoms with Gasteiger partial charge in [-0.3, -0.25) is 5.84 Å². The average Bonchev–Trinajstić information content (AvgIpc) is 2.44. The van der Waals surface area contributed by atoms with E-state index in [1.165, 1.54) is 19.2 Å². The maximum atomic E-state index is 13.7. The standard InChI is InChI=1S/C14H16FN3O/c1-19-12-7-8(15)6-10-13(18-16)9-4-2-3-5-11(9)17-14(10)12/h6-7H,2-5,16H2,1H3,(H,17,18). The van der Waals surface area contributed by atoms with Crippen molar-refractivity contribution in [1.82, 2.24) is 4.98 Å². The molecule has 0 radical (unpaired) electrons. The summed E-state index contributed by atoms with van der Waals surface area (Å²) in [5, 5.41) is 0.681. The first-order valence-electron chi connectivity index (χ1n) is 6.40. The Morgan fingerprint density at radius 3 is 2.84 bits per heavy atom. The number of nitrogen functional groups attached to an aromatic ring is 1. The summed E-state index contributed by atoms with van der Waals surface area (Å²) in [7, 11) is 1.52. The third-order valence-corrected chi connectivity index (χ3v) is 3.66. The van der Waals surface area contributed by atoms with E-state index in [4.69, 9.17) is 10.6 Å². The molecule has 2 aromatic rings. The number of nitrogens with two attached hydrogens (primary N) is 1. The molecule has 0 spiro atoms. The number of pyridine rings is 1. The molecule has 1 aromatic carbocycles. The Morgan fingerprint density at radius 1 is 1.32 bits per heavy atom. The molecule has 0 saturated heterocycles. The fraction of sp³-hybridized carbons (Fsp3) is 0.357. The molecule has 4 nitrogen and oxygen atoms in total. The maximum absolute atomic E-state index is 13.7. The number of benzene rings is 1. The fourth-order valence-electron chi connectivity index (χ4n) is 2.78. The first kappa shape index (κ1) is 12.2. The maximum Gasteiger partial charge on any atom is 0.148 e. The summed E-state index contributed by atoms with van der Waals surface area (Å²) in [6.45, 7) is 0. The van der Waals surface area contributed by atoms with Gasteiger partial charge in [-0.1, -0.05) is 0 Å². The van der Waals surface area contributed by atoms with Gasteiger partial charge in [0.1, 0.15) is 17.1 Å². The van der Waals surface area contributed by atoms with Crippen LogP contribution in [-0.2, 0) is 12.8 Å². The molecular weight excluding hydrogens is 245 g/mol. The Bertz CT molecular complexity index is 642. The summed E-state index contributed by atoms with van der Waals surface area (Å²) < 4.78 is 18.9. The van der Waals surface area contributed by atoms with Gasteiger partial charge in [-0.2, -0.15) is 0 Å². The SMILES string of the molecule is COc1cc(F)cc2c(NN)c3c(nc12)CCCC3. The van der Waals surface area contributed by atoms with E-state index in [-0.39, 0.29) is 5.82 Å². The third-order valence-electron chi connectivity index (χ3n) is 3.66. The van der Waals surface area contributed by atoms with Crippen molar-refractivity contribution in [2.75, 3.05) is 12.5 Å². The van der Waals surface area contributed by atoms with E-state index in [2.05, 4.69) is 10.4 Å². The molecule has 0 aliphatic heterocycles. The Balaban J connectivity index is 2.39. The zero-order chi connectivity index (χ0) is 13.4. The number of nitrogens with zero attached hydrogens (tertiary/aromatic N) is 1. The molecule has 0 saturated carbocycles. The lowest BCUT2D eigenvalue weighted by molar-refractivity contribution is 0.415. The van der Waals surface area contributed by atoms with Crippen LogP contribution in [0.2, 0.25) is 0 Å². The van der Waals surface area contributed by atoms with Gasteiger partial charge >= 0.3 is 0 Å². The third kappa shape index (κ3) is 1.90. The molecule has 1 aromatic heterocycles. The van der Waals surface area contributed by atoms with Gasteiger partial charge in [0.2, 0.25) is 0 Å². The smallest absolute Gasteiger partial charge is 0.148 e. The highest BCUT2D eigenvalue weighted by molar-refractivity contribution is 5.96. The number of fused-ring (bicyclic) bond motifs is 2. The van der Waals surface area contributed by atoms with Crippen molar-refractivity contribution < 1.29 is 9.13 Å². The fourth-order valence-corrected chi connectivity index (χ4v) is 2.78. The van der Waals surface area contributed by atoms with E-state index < -0.39 is 0 Å². The van der Waals surface area contributed by atoms with Gasteiger partial charge in [-0.25, -0.2) is 9.37 Å². The molecule has 100 valence electrons. The molecular formula is C14H16FN3O. The van der Waals surface area contributed by atoms with Crippen LogP contribution in [0.25, 0.3) is 10.9 Å². The average molecular weight is 261 g/mol. The number of anilines is 1. The topological polar surface area (TPSA) is 60.2 Å².